The predicted octanol–water partition coefficient (Wildman–Crippen LogP) is 1.72. The number of primary amides is 1. The van der Waals surface area contributed by atoms with Gasteiger partial charge in [-0.15, -0.1) is 0 Å². The van der Waals surface area contributed by atoms with Crippen molar-refractivity contribution in [3.8, 4) is 0 Å². The molecule has 23 heavy (non-hydrogen) atoms. The molecule has 0 radical (unpaired) electrons. The molecule has 0 aromatic heterocycles. The lowest BCUT2D eigenvalue weighted by Crippen LogP contribution is -2.31. The van der Waals surface area contributed by atoms with Crippen LogP contribution < -0.4 is 11.0 Å². The molecule has 0 spiro atoms. The summed E-state index contributed by atoms with van der Waals surface area (Å²) >= 11 is 0. The highest BCUT2D eigenvalue weighted by Crippen LogP contribution is 2.50. The number of nitrogens with two attached hydrogens (primary N) is 1. The molecule has 0 fully saturated rings. The van der Waals surface area contributed by atoms with Gasteiger partial charge in [0.15, 0.2) is 7.34 Å². The van der Waals surface area contributed by atoms with Crippen molar-refractivity contribution < 1.29 is 23.4 Å². The molecule has 126 valence electrons. The molecule has 0 aliphatic carbocycles. The van der Waals surface area contributed by atoms with Crippen LogP contribution in [0.3, 0.4) is 0 Å². The topological polar surface area (TPSA) is 113 Å². The van der Waals surface area contributed by atoms with E-state index in [1.807, 2.05) is 6.07 Å². The highest BCUT2D eigenvalue weighted by Gasteiger charge is 2.34. The fourth-order valence-electron chi connectivity index (χ4n) is 2.08. The van der Waals surface area contributed by atoms with Crippen molar-refractivity contribution in [3.05, 3.63) is 30.3 Å². The van der Waals surface area contributed by atoms with E-state index in [-0.39, 0.29) is 5.29 Å². The smallest absolute Gasteiger partial charge is 0.356 e. The summed E-state index contributed by atoms with van der Waals surface area (Å²) in [6.07, 6.45) is 0. The van der Waals surface area contributed by atoms with Crippen LogP contribution in [0.1, 0.15) is 6.92 Å². The number of ether oxygens (including phenoxy) is 1. The number of carbonyl (C=O) groups excluding carboxylic acids is 2. The van der Waals surface area contributed by atoms with Crippen molar-refractivity contribution in [2.75, 3.05) is 21.3 Å². The summed E-state index contributed by atoms with van der Waals surface area (Å²) in [5, 5.41) is 7.85. The van der Waals surface area contributed by atoms with E-state index in [0.717, 1.165) is 0 Å². The van der Waals surface area contributed by atoms with Gasteiger partial charge in [0.2, 0.25) is 0 Å². The van der Waals surface area contributed by atoms with Crippen molar-refractivity contribution >= 4 is 29.9 Å². The maximum absolute atomic E-state index is 12.3. The molecule has 0 heterocycles. The first-order valence-corrected chi connectivity index (χ1v) is 8.27. The van der Waals surface area contributed by atoms with Gasteiger partial charge in [0.1, 0.15) is 11.3 Å². The van der Waals surface area contributed by atoms with Crippen molar-refractivity contribution in [1.29, 1.82) is 0 Å². The Kier molecular flexibility index (Phi) is 7.09. The number of amides is 2. The van der Waals surface area contributed by atoms with E-state index in [9.17, 15) is 9.59 Å². The van der Waals surface area contributed by atoms with E-state index in [1.165, 1.54) is 21.3 Å². The van der Waals surface area contributed by atoms with E-state index in [1.54, 1.807) is 31.2 Å². The minimum atomic E-state index is -2.97. The maximum atomic E-state index is 12.3. The van der Waals surface area contributed by atoms with Crippen molar-refractivity contribution in [1.82, 2.24) is 0 Å². The zero-order chi connectivity index (χ0) is 17.5. The third kappa shape index (κ3) is 4.25. The van der Waals surface area contributed by atoms with Crippen LogP contribution in [0.5, 0.6) is 0 Å². The first kappa shape index (κ1) is 19.0. The number of rotatable bonds is 6. The number of hydrogen-bond donors (Lipinski definition) is 1. The number of urea groups is 1. The summed E-state index contributed by atoms with van der Waals surface area (Å²) in [6, 6.07) is 7.21. The van der Waals surface area contributed by atoms with Crippen LogP contribution in [-0.4, -0.2) is 44.7 Å². The van der Waals surface area contributed by atoms with Crippen LogP contribution in [0.25, 0.3) is 0 Å². The second-order valence-electron chi connectivity index (χ2n) is 4.36. The molecule has 0 saturated heterocycles. The molecule has 1 atom stereocenters. The van der Waals surface area contributed by atoms with Crippen LogP contribution in [0, 0.1) is 0 Å². The number of carbonyl (C=O) groups is 2. The molecule has 2 N–H and O–H groups in total. The number of esters is 1. The van der Waals surface area contributed by atoms with Crippen molar-refractivity contribution in [3.63, 3.8) is 0 Å². The lowest BCUT2D eigenvalue weighted by atomic mass is 10.2. The molecule has 0 bridgehead atoms. The monoisotopic (exact) mass is 341 g/mol. The van der Waals surface area contributed by atoms with Crippen LogP contribution in [0.4, 0.5) is 4.79 Å². The Balaban J connectivity index is 3.68. The number of hydrogen-bond acceptors (Lipinski definition) is 6. The van der Waals surface area contributed by atoms with E-state index in [2.05, 4.69) is 10.2 Å². The van der Waals surface area contributed by atoms with E-state index in [0.29, 0.717) is 5.30 Å². The lowest BCUT2D eigenvalue weighted by Gasteiger charge is -2.27. The Bertz CT molecular complexity index is 637. The Labute approximate surface area is 134 Å². The van der Waals surface area contributed by atoms with Gasteiger partial charge >= 0.3 is 12.0 Å². The largest absolute Gasteiger partial charge is 0.465 e. The Morgan fingerprint density at radius 2 is 1.70 bits per heavy atom. The van der Waals surface area contributed by atoms with Crippen molar-refractivity contribution in [2.24, 2.45) is 16.0 Å². The van der Waals surface area contributed by atoms with Gasteiger partial charge in [-0.3, -0.25) is 0 Å². The molecule has 1 rings (SSSR count). The second-order valence-corrected chi connectivity index (χ2v) is 7.19. The van der Waals surface area contributed by atoms with Gasteiger partial charge < -0.3 is 19.5 Å². The fraction of sp³-hybridized carbons (Fsp3) is 0.357. The minimum Gasteiger partial charge on any atom is -0.465 e. The molecule has 8 nitrogen and oxygen atoms in total. The summed E-state index contributed by atoms with van der Waals surface area (Å²) < 4.78 is 16.1. The normalized spacial score (nSPS) is 12.9. The molecule has 9 heteroatoms. The summed E-state index contributed by atoms with van der Waals surface area (Å²) in [5.41, 5.74) is 4.96. The zero-order valence-electron chi connectivity index (χ0n) is 13.4. The van der Waals surface area contributed by atoms with Gasteiger partial charge in [-0.1, -0.05) is 35.4 Å². The highest BCUT2D eigenvalue weighted by atomic mass is 31.2. The molecular weight excluding hydrogens is 321 g/mol. The quantitative estimate of drug-likeness (QED) is 0.481. The summed E-state index contributed by atoms with van der Waals surface area (Å²) in [6.45, 7) is 1.58. The summed E-state index contributed by atoms with van der Waals surface area (Å²) in [7, 11) is 1.14. The highest BCUT2D eigenvalue weighted by molar-refractivity contribution is 7.76. The number of nitrogens with zero attached hydrogens (tertiary/aromatic N) is 2. The molecule has 1 aromatic rings. The Hall–Kier alpha value is -2.02. The molecule has 1 unspecified atom stereocenters. The second kappa shape index (κ2) is 8.57. The molecular formula is C14H20N3O5P. The number of azo groups is 1. The zero-order valence-corrected chi connectivity index (χ0v) is 14.3. The predicted molar refractivity (Wildman–Crippen MR) is 87.9 cm³/mol. The average Bonchev–Trinajstić information content (AvgIpc) is 2.57. The average molecular weight is 341 g/mol. The first-order chi connectivity index (χ1) is 10.9. The van der Waals surface area contributed by atoms with Crippen LogP contribution in [-0.2, 0) is 18.6 Å². The van der Waals surface area contributed by atoms with Gasteiger partial charge in [-0.25, -0.2) is 9.59 Å². The van der Waals surface area contributed by atoms with Crippen molar-refractivity contribution in [2.45, 2.75) is 13.0 Å². The Morgan fingerprint density at radius 1 is 1.13 bits per heavy atom. The van der Waals surface area contributed by atoms with E-state index >= 15 is 0 Å². The molecule has 1 aromatic carbocycles. The SMILES string of the molecule is COC(=O)C(C(C)N=NC(N)=O)=P(OC)(OC)c1ccccc1. The van der Waals surface area contributed by atoms with Gasteiger partial charge in [-0.2, -0.15) is 5.11 Å². The first-order valence-electron chi connectivity index (χ1n) is 6.65. The van der Waals surface area contributed by atoms with Gasteiger partial charge in [0.05, 0.1) is 7.11 Å². The number of benzene rings is 1. The fourth-order valence-corrected chi connectivity index (χ4v) is 4.77. The van der Waals surface area contributed by atoms with Gasteiger partial charge in [-0.05, 0) is 6.92 Å². The number of methoxy groups -OCH3 is 1. The lowest BCUT2D eigenvalue weighted by molar-refractivity contribution is -0.132. The van der Waals surface area contributed by atoms with Crippen LogP contribution in [0.2, 0.25) is 0 Å². The summed E-state index contributed by atoms with van der Waals surface area (Å²) in [5.74, 6) is -0.651. The van der Waals surface area contributed by atoms with Crippen LogP contribution >= 0.6 is 7.34 Å². The van der Waals surface area contributed by atoms with E-state index < -0.39 is 25.4 Å². The molecule has 0 saturated carbocycles. The Morgan fingerprint density at radius 3 is 2.13 bits per heavy atom. The minimum absolute atomic E-state index is 0.140. The molecule has 2 amide bonds. The third-order valence-corrected chi connectivity index (χ3v) is 6.24. The molecule has 0 aliphatic heterocycles. The van der Waals surface area contributed by atoms with Gasteiger partial charge in [0.25, 0.3) is 0 Å². The molecule has 0 aliphatic rings. The standard InChI is InChI=1S/C14H20N3O5P/c1-10(16-17-14(15)19)12(13(18)20-2)23(21-3,22-4)11-8-6-5-7-9-11/h5-10H,1-4H3,(H2,15,19). The van der Waals surface area contributed by atoms with Crippen LogP contribution in [0.15, 0.2) is 40.6 Å². The summed E-state index contributed by atoms with van der Waals surface area (Å²) in [4.78, 5) is 23.1. The third-order valence-electron chi connectivity index (χ3n) is 3.05. The maximum Gasteiger partial charge on any atom is 0.356 e. The van der Waals surface area contributed by atoms with Gasteiger partial charge in [0, 0.05) is 19.5 Å². The van der Waals surface area contributed by atoms with E-state index in [4.69, 9.17) is 19.5 Å².